The van der Waals surface area contributed by atoms with Crippen LogP contribution in [0.1, 0.15) is 32.0 Å². The smallest absolute Gasteiger partial charge is 0.288 e. The lowest BCUT2D eigenvalue weighted by Crippen LogP contribution is -2.30. The topological polar surface area (TPSA) is 81.8 Å². The number of hydrogen-bond acceptors (Lipinski definition) is 5. The number of hydroxylamine groups is 2. The Bertz CT molecular complexity index is 767. The van der Waals surface area contributed by atoms with E-state index < -0.39 is 11.8 Å². The third-order valence-electron chi connectivity index (χ3n) is 3.34. The predicted octanol–water partition coefficient (Wildman–Crippen LogP) is 1.01. The second kappa shape index (κ2) is 4.71. The molecule has 2 amide bonds. The molecule has 0 fully saturated rings. The molecule has 0 saturated heterocycles. The van der Waals surface area contributed by atoms with Gasteiger partial charge in [-0.15, -0.1) is 5.06 Å². The molecule has 108 valence electrons. The molecule has 0 saturated carbocycles. The van der Waals surface area contributed by atoms with Crippen molar-refractivity contribution in [3.63, 3.8) is 0 Å². The number of hydrogen-bond donors (Lipinski definition) is 0. The van der Waals surface area contributed by atoms with Crippen LogP contribution in [0.25, 0.3) is 0 Å². The van der Waals surface area contributed by atoms with E-state index in [0.717, 1.165) is 4.74 Å². The van der Waals surface area contributed by atoms with Gasteiger partial charge in [0.1, 0.15) is 12.4 Å². The largest absolute Gasteiger partial charge is 0.381 e. The van der Waals surface area contributed by atoms with E-state index in [-0.39, 0.29) is 17.7 Å². The van der Waals surface area contributed by atoms with Gasteiger partial charge in [0, 0.05) is 7.05 Å². The average molecular weight is 288 g/mol. The number of carbonyl (C=O) groups is 2. The Hall–Kier alpha value is -2.67. The standard InChI is InChI=1S/C14H12N2O5/c1-8-11(12(17)15(2)21-8)7-20-16-13(18)9-5-3-4-6-10(9)14(16)19/h3-6H,7H2,1-2H3. The highest BCUT2D eigenvalue weighted by molar-refractivity contribution is 6.20. The minimum absolute atomic E-state index is 0.208. The number of aromatic nitrogens is 1. The summed E-state index contributed by atoms with van der Waals surface area (Å²) in [5, 5.41) is 0.677. The van der Waals surface area contributed by atoms with Crippen molar-refractivity contribution < 1.29 is 18.9 Å². The quantitative estimate of drug-likeness (QED) is 0.787. The number of rotatable bonds is 3. The van der Waals surface area contributed by atoms with Crippen LogP contribution in [0.4, 0.5) is 0 Å². The fourth-order valence-electron chi connectivity index (χ4n) is 2.22. The molecule has 7 nitrogen and oxygen atoms in total. The van der Waals surface area contributed by atoms with Crippen LogP contribution in [0.5, 0.6) is 0 Å². The zero-order chi connectivity index (χ0) is 15.1. The summed E-state index contributed by atoms with van der Waals surface area (Å²) in [6.45, 7) is 1.41. The first-order valence-electron chi connectivity index (χ1n) is 6.27. The van der Waals surface area contributed by atoms with Gasteiger partial charge in [-0.2, -0.15) is 4.74 Å². The molecule has 0 spiro atoms. The molecule has 0 unspecified atom stereocenters. The summed E-state index contributed by atoms with van der Waals surface area (Å²) >= 11 is 0. The average Bonchev–Trinajstić information content (AvgIpc) is 2.86. The van der Waals surface area contributed by atoms with Gasteiger partial charge in [-0.25, -0.2) is 0 Å². The van der Waals surface area contributed by atoms with Crippen LogP contribution in [0.2, 0.25) is 0 Å². The lowest BCUT2D eigenvalue weighted by atomic mass is 10.1. The minimum atomic E-state index is -0.534. The molecule has 21 heavy (non-hydrogen) atoms. The number of imide groups is 1. The first-order valence-corrected chi connectivity index (χ1v) is 6.27. The molecule has 0 aliphatic carbocycles. The number of nitrogens with zero attached hydrogens (tertiary/aromatic N) is 2. The first-order chi connectivity index (χ1) is 10.0. The van der Waals surface area contributed by atoms with Crippen molar-refractivity contribution in [2.24, 2.45) is 7.05 Å². The Labute approximate surface area is 119 Å². The molecule has 1 aromatic carbocycles. The summed E-state index contributed by atoms with van der Waals surface area (Å²) in [5.41, 5.74) is 0.497. The molecule has 1 aliphatic rings. The molecular weight excluding hydrogens is 276 g/mol. The van der Waals surface area contributed by atoms with Crippen molar-refractivity contribution in [2.45, 2.75) is 13.5 Å². The second-order valence-corrected chi connectivity index (χ2v) is 4.65. The van der Waals surface area contributed by atoms with Gasteiger partial charge in [0.25, 0.3) is 17.4 Å². The minimum Gasteiger partial charge on any atom is -0.381 e. The van der Waals surface area contributed by atoms with Crippen molar-refractivity contribution in [3.8, 4) is 0 Å². The lowest BCUT2D eigenvalue weighted by Gasteiger charge is -2.12. The molecule has 0 atom stereocenters. The van der Waals surface area contributed by atoms with Crippen LogP contribution in [-0.2, 0) is 18.5 Å². The van der Waals surface area contributed by atoms with E-state index in [1.165, 1.54) is 7.05 Å². The SMILES string of the molecule is Cc1on(C)c(=O)c1CON1C(=O)c2ccccc2C1=O. The van der Waals surface area contributed by atoms with Gasteiger partial charge in [-0.1, -0.05) is 12.1 Å². The number of fused-ring (bicyclic) bond motifs is 1. The zero-order valence-electron chi connectivity index (χ0n) is 11.5. The number of aryl methyl sites for hydroxylation is 2. The van der Waals surface area contributed by atoms with E-state index in [2.05, 4.69) is 0 Å². The molecule has 3 rings (SSSR count). The van der Waals surface area contributed by atoms with Crippen molar-refractivity contribution >= 4 is 11.8 Å². The Balaban J connectivity index is 1.83. The molecule has 2 heterocycles. The highest BCUT2D eigenvalue weighted by Gasteiger charge is 2.36. The van der Waals surface area contributed by atoms with Crippen molar-refractivity contribution in [2.75, 3.05) is 0 Å². The van der Waals surface area contributed by atoms with Crippen LogP contribution in [-0.4, -0.2) is 21.6 Å². The molecule has 2 aromatic rings. The maximum atomic E-state index is 12.1. The van der Waals surface area contributed by atoms with Gasteiger partial charge in [-0.3, -0.25) is 19.2 Å². The molecule has 1 aliphatic heterocycles. The van der Waals surface area contributed by atoms with E-state index in [1.807, 2.05) is 0 Å². The molecular formula is C14H12N2O5. The molecule has 1 aromatic heterocycles. The number of benzene rings is 1. The van der Waals surface area contributed by atoms with Gasteiger partial charge in [0.05, 0.1) is 16.7 Å². The van der Waals surface area contributed by atoms with Crippen molar-refractivity contribution in [1.29, 1.82) is 0 Å². The van der Waals surface area contributed by atoms with E-state index in [1.54, 1.807) is 31.2 Å². The normalized spacial score (nSPS) is 13.9. The lowest BCUT2D eigenvalue weighted by molar-refractivity contribution is -0.101. The van der Waals surface area contributed by atoms with E-state index in [0.29, 0.717) is 22.0 Å². The van der Waals surface area contributed by atoms with Gasteiger partial charge >= 0.3 is 0 Å². The van der Waals surface area contributed by atoms with Crippen LogP contribution in [0.15, 0.2) is 33.6 Å². The fraction of sp³-hybridized carbons (Fsp3) is 0.214. The summed E-state index contributed by atoms with van der Waals surface area (Å²) in [5.74, 6) is -0.679. The Morgan fingerprint density at radius 1 is 1.10 bits per heavy atom. The highest BCUT2D eigenvalue weighted by atomic mass is 16.7. The fourth-order valence-corrected chi connectivity index (χ4v) is 2.22. The number of carbonyl (C=O) groups excluding carboxylic acids is 2. The Morgan fingerprint density at radius 2 is 1.67 bits per heavy atom. The van der Waals surface area contributed by atoms with Gasteiger partial charge in [0.2, 0.25) is 0 Å². The maximum Gasteiger partial charge on any atom is 0.288 e. The molecule has 7 heteroatoms. The van der Waals surface area contributed by atoms with Crippen LogP contribution >= 0.6 is 0 Å². The first kappa shape index (κ1) is 13.3. The van der Waals surface area contributed by atoms with Crippen LogP contribution < -0.4 is 5.56 Å². The van der Waals surface area contributed by atoms with Gasteiger partial charge in [0.15, 0.2) is 0 Å². The van der Waals surface area contributed by atoms with E-state index in [9.17, 15) is 14.4 Å². The second-order valence-electron chi connectivity index (χ2n) is 4.65. The third kappa shape index (κ3) is 1.98. The predicted molar refractivity (Wildman–Crippen MR) is 70.4 cm³/mol. The van der Waals surface area contributed by atoms with Crippen LogP contribution in [0.3, 0.4) is 0 Å². The van der Waals surface area contributed by atoms with E-state index in [4.69, 9.17) is 9.36 Å². The summed E-state index contributed by atoms with van der Waals surface area (Å²) in [4.78, 5) is 41.2. The Kier molecular flexibility index (Phi) is 2.99. The Morgan fingerprint density at radius 3 is 2.14 bits per heavy atom. The summed E-state index contributed by atoms with van der Waals surface area (Å²) < 4.78 is 6.18. The molecule has 0 bridgehead atoms. The van der Waals surface area contributed by atoms with Crippen molar-refractivity contribution in [3.05, 3.63) is 57.1 Å². The monoisotopic (exact) mass is 288 g/mol. The zero-order valence-corrected chi connectivity index (χ0v) is 11.5. The molecule has 0 N–H and O–H groups in total. The van der Waals surface area contributed by atoms with Gasteiger partial charge in [-0.05, 0) is 19.1 Å². The molecule has 0 radical (unpaired) electrons. The van der Waals surface area contributed by atoms with Gasteiger partial charge < -0.3 is 4.52 Å². The van der Waals surface area contributed by atoms with E-state index >= 15 is 0 Å². The summed E-state index contributed by atoms with van der Waals surface area (Å²) in [6.07, 6.45) is 0. The maximum absolute atomic E-state index is 12.1. The highest BCUT2D eigenvalue weighted by Crippen LogP contribution is 2.23. The third-order valence-corrected chi connectivity index (χ3v) is 3.34. The van der Waals surface area contributed by atoms with Crippen molar-refractivity contribution in [1.82, 2.24) is 9.80 Å². The summed E-state index contributed by atoms with van der Waals surface area (Å²) in [7, 11) is 1.47. The number of amides is 2. The summed E-state index contributed by atoms with van der Waals surface area (Å²) in [6, 6.07) is 6.45. The van der Waals surface area contributed by atoms with Crippen LogP contribution in [0, 0.1) is 6.92 Å².